The molecule has 0 radical (unpaired) electrons. The maximum atomic E-state index is 5.55. The minimum Gasteiger partial charge on any atom is -0.481 e. The molecule has 0 aromatic heterocycles. The van der Waals surface area contributed by atoms with Crippen molar-refractivity contribution < 1.29 is 4.74 Å². The van der Waals surface area contributed by atoms with Gasteiger partial charge in [0, 0.05) is 18.2 Å². The molecule has 0 amide bonds. The summed E-state index contributed by atoms with van der Waals surface area (Å²) in [5, 5.41) is 3.50. The van der Waals surface area contributed by atoms with Gasteiger partial charge in [0.15, 0.2) is 0 Å². The normalized spacial score (nSPS) is 11.0. The van der Waals surface area contributed by atoms with Gasteiger partial charge in [-0.15, -0.1) is 18.8 Å². The van der Waals surface area contributed by atoms with Crippen molar-refractivity contribution in [1.82, 2.24) is 5.32 Å². The van der Waals surface area contributed by atoms with Crippen molar-refractivity contribution in [1.29, 1.82) is 0 Å². The van der Waals surface area contributed by atoms with Gasteiger partial charge in [0.25, 0.3) is 0 Å². The van der Waals surface area contributed by atoms with E-state index in [2.05, 4.69) is 48.5 Å². The summed E-state index contributed by atoms with van der Waals surface area (Å²) in [6.45, 7) is 3.20. The second-order valence-electron chi connectivity index (χ2n) is 4.61. The zero-order valence-corrected chi connectivity index (χ0v) is 12.9. The molecular formula is C18H20ClNO. The molecule has 0 fully saturated rings. The van der Waals surface area contributed by atoms with Crippen molar-refractivity contribution in [2.24, 2.45) is 0 Å². The molecule has 1 atom stereocenters. The zero-order chi connectivity index (χ0) is 14.2. The van der Waals surface area contributed by atoms with Crippen molar-refractivity contribution in [2.75, 3.05) is 6.61 Å². The summed E-state index contributed by atoms with van der Waals surface area (Å²) < 4.78 is 5.55. The maximum Gasteiger partial charge on any atom is 0.148 e. The van der Waals surface area contributed by atoms with Crippen LogP contribution in [-0.2, 0) is 6.54 Å². The molecule has 0 aliphatic rings. The highest BCUT2D eigenvalue weighted by Crippen LogP contribution is 2.19. The summed E-state index contributed by atoms with van der Waals surface area (Å²) in [7, 11) is 0. The molecule has 2 aromatic rings. The summed E-state index contributed by atoms with van der Waals surface area (Å²) in [6.07, 6.45) is 5.23. The van der Waals surface area contributed by atoms with E-state index in [0.29, 0.717) is 6.61 Å². The lowest BCUT2D eigenvalue weighted by Crippen LogP contribution is -2.18. The molecule has 0 aliphatic carbocycles. The number of ether oxygens (including phenoxy) is 1. The van der Waals surface area contributed by atoms with Crippen molar-refractivity contribution in [3.05, 3.63) is 65.7 Å². The number of rotatable bonds is 6. The smallest absolute Gasteiger partial charge is 0.148 e. The molecule has 1 unspecified atom stereocenters. The molecule has 21 heavy (non-hydrogen) atoms. The van der Waals surface area contributed by atoms with Crippen molar-refractivity contribution in [3.63, 3.8) is 0 Å². The van der Waals surface area contributed by atoms with Crippen LogP contribution in [0.2, 0.25) is 0 Å². The number of hydrogen-bond acceptors (Lipinski definition) is 2. The van der Waals surface area contributed by atoms with E-state index in [1.807, 2.05) is 24.3 Å². The predicted octanol–water partition coefficient (Wildman–Crippen LogP) is 3.97. The molecule has 3 heteroatoms. The van der Waals surface area contributed by atoms with Gasteiger partial charge in [-0.25, -0.2) is 0 Å². The third kappa shape index (κ3) is 5.15. The molecular weight excluding hydrogens is 282 g/mol. The van der Waals surface area contributed by atoms with Crippen molar-refractivity contribution >= 4 is 12.4 Å². The second kappa shape index (κ2) is 9.07. The third-order valence-electron chi connectivity index (χ3n) is 3.18. The summed E-state index contributed by atoms with van der Waals surface area (Å²) in [5.74, 6) is 3.34. The molecule has 0 saturated heterocycles. The lowest BCUT2D eigenvalue weighted by Gasteiger charge is -2.16. The van der Waals surface area contributed by atoms with E-state index in [9.17, 15) is 0 Å². The molecule has 2 aromatic carbocycles. The van der Waals surface area contributed by atoms with Gasteiger partial charge < -0.3 is 10.1 Å². The third-order valence-corrected chi connectivity index (χ3v) is 3.18. The molecule has 2 nitrogen and oxygen atoms in total. The Bertz CT molecular complexity index is 577. The number of benzene rings is 2. The van der Waals surface area contributed by atoms with Gasteiger partial charge in [0.1, 0.15) is 12.4 Å². The fraction of sp³-hybridized carbons (Fsp3) is 0.222. The topological polar surface area (TPSA) is 21.3 Å². The van der Waals surface area contributed by atoms with Crippen LogP contribution in [0, 0.1) is 12.3 Å². The molecule has 0 heterocycles. The zero-order valence-electron chi connectivity index (χ0n) is 12.1. The van der Waals surface area contributed by atoms with Crippen LogP contribution in [-0.4, -0.2) is 6.61 Å². The number of para-hydroxylation sites is 1. The van der Waals surface area contributed by atoms with E-state index in [4.69, 9.17) is 11.2 Å². The highest BCUT2D eigenvalue weighted by atomic mass is 35.5. The molecule has 1 N–H and O–H groups in total. The SMILES string of the molecule is C#CCOc1ccccc1CNC(C)c1ccccc1.Cl. The van der Waals surface area contributed by atoms with Gasteiger partial charge in [-0.05, 0) is 18.6 Å². The van der Waals surface area contributed by atoms with Gasteiger partial charge >= 0.3 is 0 Å². The maximum absolute atomic E-state index is 5.55. The number of terminal acetylenes is 1. The minimum atomic E-state index is 0. The van der Waals surface area contributed by atoms with E-state index >= 15 is 0 Å². The van der Waals surface area contributed by atoms with E-state index in [0.717, 1.165) is 17.9 Å². The summed E-state index contributed by atoms with van der Waals surface area (Å²) in [4.78, 5) is 0. The Labute approximate surface area is 132 Å². The van der Waals surface area contributed by atoms with Crippen LogP contribution in [0.3, 0.4) is 0 Å². The van der Waals surface area contributed by atoms with E-state index in [1.54, 1.807) is 0 Å². The fourth-order valence-electron chi connectivity index (χ4n) is 2.03. The van der Waals surface area contributed by atoms with Crippen LogP contribution in [0.5, 0.6) is 5.75 Å². The molecule has 2 rings (SSSR count). The van der Waals surface area contributed by atoms with Crippen molar-refractivity contribution in [3.8, 4) is 18.1 Å². The van der Waals surface area contributed by atoms with Crippen LogP contribution in [0.15, 0.2) is 54.6 Å². The average molecular weight is 302 g/mol. The van der Waals surface area contributed by atoms with Crippen LogP contribution >= 0.6 is 12.4 Å². The number of halogens is 1. The first-order chi connectivity index (χ1) is 9.81. The lowest BCUT2D eigenvalue weighted by atomic mass is 10.1. The van der Waals surface area contributed by atoms with Gasteiger partial charge in [-0.1, -0.05) is 54.5 Å². The quantitative estimate of drug-likeness (QED) is 0.815. The first-order valence-corrected chi connectivity index (χ1v) is 6.73. The van der Waals surface area contributed by atoms with Crippen LogP contribution in [0.1, 0.15) is 24.1 Å². The summed E-state index contributed by atoms with van der Waals surface area (Å²) in [5.41, 5.74) is 2.39. The first-order valence-electron chi connectivity index (χ1n) is 6.73. The Kier molecular flexibility index (Phi) is 7.39. The molecule has 0 saturated carbocycles. The van der Waals surface area contributed by atoms with Gasteiger partial charge in [-0.2, -0.15) is 0 Å². The molecule has 110 valence electrons. The number of nitrogens with one attached hydrogen (secondary N) is 1. The van der Waals surface area contributed by atoms with Crippen LogP contribution in [0.25, 0.3) is 0 Å². The summed E-state index contributed by atoms with van der Waals surface area (Å²) in [6, 6.07) is 18.6. The Morgan fingerprint density at radius 2 is 1.76 bits per heavy atom. The highest BCUT2D eigenvalue weighted by Gasteiger charge is 2.06. The average Bonchev–Trinajstić information content (AvgIpc) is 2.52. The monoisotopic (exact) mass is 301 g/mol. The standard InChI is InChI=1S/C18H19NO.ClH/c1-3-13-20-18-12-8-7-11-17(18)14-19-15(2)16-9-5-4-6-10-16;/h1,4-12,15,19H,13-14H2,2H3;1H. The Morgan fingerprint density at radius 1 is 1.10 bits per heavy atom. The molecule has 0 spiro atoms. The van der Waals surface area contributed by atoms with E-state index < -0.39 is 0 Å². The Hall–Kier alpha value is -1.95. The fourth-order valence-corrected chi connectivity index (χ4v) is 2.03. The largest absolute Gasteiger partial charge is 0.481 e. The second-order valence-corrected chi connectivity index (χ2v) is 4.61. The number of hydrogen-bond donors (Lipinski definition) is 1. The lowest BCUT2D eigenvalue weighted by molar-refractivity contribution is 0.364. The van der Waals surface area contributed by atoms with Gasteiger partial charge in [0.2, 0.25) is 0 Å². The minimum absolute atomic E-state index is 0. The van der Waals surface area contributed by atoms with Crippen LogP contribution < -0.4 is 10.1 Å². The first kappa shape index (κ1) is 17.1. The Balaban J connectivity index is 0.00000220. The van der Waals surface area contributed by atoms with Crippen molar-refractivity contribution in [2.45, 2.75) is 19.5 Å². The van der Waals surface area contributed by atoms with E-state index in [-0.39, 0.29) is 18.4 Å². The van der Waals surface area contributed by atoms with Crippen LogP contribution in [0.4, 0.5) is 0 Å². The van der Waals surface area contributed by atoms with E-state index in [1.165, 1.54) is 5.56 Å². The summed E-state index contributed by atoms with van der Waals surface area (Å²) >= 11 is 0. The highest BCUT2D eigenvalue weighted by molar-refractivity contribution is 5.85. The molecule has 0 aliphatic heterocycles. The molecule has 0 bridgehead atoms. The van der Waals surface area contributed by atoms with Gasteiger partial charge in [0.05, 0.1) is 0 Å². The Morgan fingerprint density at radius 3 is 2.48 bits per heavy atom. The van der Waals surface area contributed by atoms with Gasteiger partial charge in [-0.3, -0.25) is 0 Å². The predicted molar refractivity (Wildman–Crippen MR) is 89.7 cm³/mol.